The molecule has 0 bridgehead atoms. The van der Waals surface area contributed by atoms with Crippen LogP contribution in [0.4, 0.5) is 11.4 Å². The van der Waals surface area contributed by atoms with E-state index in [2.05, 4.69) is 99.9 Å². The van der Waals surface area contributed by atoms with Crippen LogP contribution in [0.1, 0.15) is 341 Å². The van der Waals surface area contributed by atoms with E-state index in [0.29, 0.717) is 0 Å². The predicted octanol–water partition coefficient (Wildman–Crippen LogP) is 23.6. The molecular formula is C69H114N2. The fourth-order valence-electron chi connectivity index (χ4n) is 9.88. The van der Waals surface area contributed by atoms with E-state index >= 15 is 0 Å². The van der Waals surface area contributed by atoms with Gasteiger partial charge in [-0.25, -0.2) is 0 Å². The molecule has 2 heteroatoms. The quantitative estimate of drug-likeness (QED) is 0.0359. The normalized spacial score (nSPS) is 11.7. The topological polar surface area (TPSA) is 24.7 Å². The van der Waals surface area contributed by atoms with Crippen molar-refractivity contribution >= 4 is 22.8 Å². The van der Waals surface area contributed by atoms with Crippen molar-refractivity contribution < 1.29 is 0 Å². The molecule has 400 valence electrons. The Kier molecular flexibility index (Phi) is 45.5. The van der Waals surface area contributed by atoms with Crippen LogP contribution in [0.25, 0.3) is 0 Å². The van der Waals surface area contributed by atoms with Gasteiger partial charge in [-0.15, -0.1) is 0 Å². The zero-order chi connectivity index (χ0) is 50.6. The highest BCUT2D eigenvalue weighted by Gasteiger charge is 2.11. The van der Waals surface area contributed by atoms with Crippen LogP contribution in [0.2, 0.25) is 0 Å². The monoisotopic (exact) mass is 971 g/mol. The number of nitrogens with zero attached hydrogens (tertiary/aromatic N) is 2. The summed E-state index contributed by atoms with van der Waals surface area (Å²) in [5, 5.41) is 0. The molecule has 0 atom stereocenters. The molecule has 2 rings (SSSR count). The lowest BCUT2D eigenvalue weighted by atomic mass is 10.0. The summed E-state index contributed by atoms with van der Waals surface area (Å²) in [5.74, 6) is 13.8. The Hall–Kier alpha value is -3.10. The first-order valence-corrected chi connectivity index (χ1v) is 31.5. The van der Waals surface area contributed by atoms with Gasteiger partial charge in [-0.1, -0.05) is 302 Å². The molecule has 0 fully saturated rings. The van der Waals surface area contributed by atoms with Gasteiger partial charge in [-0.3, -0.25) is 9.98 Å². The molecule has 0 saturated heterocycles. The number of hydrogen-bond acceptors (Lipinski definition) is 2. The minimum absolute atomic E-state index is 0.950. The molecule has 0 radical (unpaired) electrons. The van der Waals surface area contributed by atoms with E-state index in [1.807, 2.05) is 0 Å². The highest BCUT2D eigenvalue weighted by molar-refractivity contribution is 6.43. The van der Waals surface area contributed by atoms with E-state index in [9.17, 15) is 0 Å². The van der Waals surface area contributed by atoms with Crippen LogP contribution < -0.4 is 0 Å². The molecule has 0 saturated carbocycles. The molecule has 0 aliphatic carbocycles. The molecule has 0 aliphatic rings. The highest BCUT2D eigenvalue weighted by atomic mass is 14.8. The maximum Gasteiger partial charge on any atom is 0.0634 e. The van der Waals surface area contributed by atoms with Crippen molar-refractivity contribution in [3.8, 4) is 23.7 Å². The van der Waals surface area contributed by atoms with Crippen LogP contribution in [0.15, 0.2) is 58.5 Å². The first-order valence-electron chi connectivity index (χ1n) is 31.5. The zero-order valence-corrected chi connectivity index (χ0v) is 47.7. The van der Waals surface area contributed by atoms with Gasteiger partial charge in [0.15, 0.2) is 0 Å². The van der Waals surface area contributed by atoms with E-state index in [4.69, 9.17) is 9.98 Å². The summed E-state index contributed by atoms with van der Waals surface area (Å²) in [6.45, 7) is 9.15. The van der Waals surface area contributed by atoms with Gasteiger partial charge in [0.05, 0.1) is 22.8 Å². The Morgan fingerprint density at radius 2 is 0.493 bits per heavy atom. The SMILES string of the molecule is CCCCCCCCCCCCCCCCCCCCCC#Cc1ccc(N=C(CCCC)C(CCCCC)=Nc2ccc(C#CCCCCCCCCCCCCCCCCCCCCC)cc2)cc1. The molecular weight excluding hydrogens is 857 g/mol. The largest absolute Gasteiger partial charge is 0.252 e. The Bertz CT molecular complexity index is 1640. The third-order valence-electron chi connectivity index (χ3n) is 14.7. The summed E-state index contributed by atoms with van der Waals surface area (Å²) >= 11 is 0. The third-order valence-corrected chi connectivity index (χ3v) is 14.7. The van der Waals surface area contributed by atoms with Crippen molar-refractivity contribution in [2.75, 3.05) is 0 Å². The van der Waals surface area contributed by atoms with Gasteiger partial charge < -0.3 is 0 Å². The van der Waals surface area contributed by atoms with Gasteiger partial charge in [0.25, 0.3) is 0 Å². The summed E-state index contributed by atoms with van der Waals surface area (Å²) in [6.07, 6.45) is 63.5. The molecule has 0 unspecified atom stereocenters. The molecule has 2 nitrogen and oxygen atoms in total. The van der Waals surface area contributed by atoms with Crippen LogP contribution in [-0.4, -0.2) is 11.4 Å². The van der Waals surface area contributed by atoms with Crippen molar-refractivity contribution in [3.63, 3.8) is 0 Å². The molecule has 0 N–H and O–H groups in total. The molecule has 0 aromatic heterocycles. The molecule has 71 heavy (non-hydrogen) atoms. The molecule has 0 heterocycles. The summed E-state index contributed by atoms with van der Waals surface area (Å²) in [7, 11) is 0. The zero-order valence-electron chi connectivity index (χ0n) is 47.7. The van der Waals surface area contributed by atoms with Crippen molar-refractivity contribution in [2.24, 2.45) is 9.98 Å². The van der Waals surface area contributed by atoms with E-state index in [-0.39, 0.29) is 0 Å². The van der Waals surface area contributed by atoms with Gasteiger partial charge in [0, 0.05) is 24.0 Å². The number of unbranched alkanes of at least 4 members (excludes halogenated alkanes) is 41. The van der Waals surface area contributed by atoms with E-state index in [1.165, 1.54) is 257 Å². The lowest BCUT2D eigenvalue weighted by molar-refractivity contribution is 0.524. The smallest absolute Gasteiger partial charge is 0.0634 e. The summed E-state index contributed by atoms with van der Waals surface area (Å²) < 4.78 is 0. The Labute approximate surface area is 443 Å². The van der Waals surface area contributed by atoms with Crippen LogP contribution in [-0.2, 0) is 0 Å². The second kappa shape index (κ2) is 50.4. The van der Waals surface area contributed by atoms with Crippen LogP contribution in [0, 0.1) is 23.7 Å². The van der Waals surface area contributed by atoms with Crippen LogP contribution >= 0.6 is 0 Å². The average molecular weight is 972 g/mol. The van der Waals surface area contributed by atoms with E-state index in [0.717, 1.165) is 78.9 Å². The first-order chi connectivity index (χ1) is 35.2. The van der Waals surface area contributed by atoms with Gasteiger partial charge in [-0.05, 0) is 87.1 Å². The minimum Gasteiger partial charge on any atom is -0.252 e. The fourth-order valence-corrected chi connectivity index (χ4v) is 9.88. The third kappa shape index (κ3) is 40.0. The minimum atomic E-state index is 0.950. The summed E-state index contributed by atoms with van der Waals surface area (Å²) in [4.78, 5) is 10.5. The van der Waals surface area contributed by atoms with E-state index in [1.54, 1.807) is 0 Å². The second-order valence-corrected chi connectivity index (χ2v) is 21.6. The summed E-state index contributed by atoms with van der Waals surface area (Å²) in [5.41, 5.74) is 6.44. The Morgan fingerprint density at radius 3 is 0.761 bits per heavy atom. The fraction of sp³-hybridized carbons (Fsp3) is 0.739. The number of benzene rings is 2. The maximum absolute atomic E-state index is 5.26. The van der Waals surface area contributed by atoms with Gasteiger partial charge in [0.1, 0.15) is 0 Å². The molecule has 0 aliphatic heterocycles. The average Bonchev–Trinajstić information content (AvgIpc) is 3.39. The van der Waals surface area contributed by atoms with Gasteiger partial charge in [0.2, 0.25) is 0 Å². The standard InChI is InChI=1S/C69H114N2/c1-5-9-13-15-17-19-21-23-25-27-29-31-33-35-37-39-41-43-45-47-50-52-64-56-60-66(61-57-64)70-68(54-12-8-4)69(55-49-11-7-3)71-67-62-58-65(59-63-67)53-51-48-46-44-42-40-38-36-34-32-30-28-26-24-22-20-18-16-14-10-6-2/h56-63H,5-49,54-55H2,1-4H3. The predicted molar refractivity (Wildman–Crippen MR) is 321 cm³/mol. The molecule has 0 amide bonds. The van der Waals surface area contributed by atoms with Gasteiger partial charge >= 0.3 is 0 Å². The van der Waals surface area contributed by atoms with Gasteiger partial charge in [-0.2, -0.15) is 0 Å². The number of rotatable bonds is 48. The van der Waals surface area contributed by atoms with E-state index < -0.39 is 0 Å². The second-order valence-electron chi connectivity index (χ2n) is 21.6. The molecule has 0 spiro atoms. The Balaban J connectivity index is 1.67. The van der Waals surface area contributed by atoms with Crippen molar-refractivity contribution in [3.05, 3.63) is 59.7 Å². The first kappa shape index (κ1) is 64.0. The van der Waals surface area contributed by atoms with Crippen LogP contribution in [0.5, 0.6) is 0 Å². The summed E-state index contributed by atoms with van der Waals surface area (Å²) in [6, 6.07) is 17.2. The maximum atomic E-state index is 5.26. The van der Waals surface area contributed by atoms with Crippen molar-refractivity contribution in [2.45, 2.75) is 329 Å². The molecule has 2 aromatic rings. The number of hydrogen-bond donors (Lipinski definition) is 0. The highest BCUT2D eigenvalue weighted by Crippen LogP contribution is 2.22. The van der Waals surface area contributed by atoms with Crippen molar-refractivity contribution in [1.29, 1.82) is 0 Å². The number of aliphatic imine (C=N–C) groups is 2. The van der Waals surface area contributed by atoms with Crippen LogP contribution in [0.3, 0.4) is 0 Å². The lowest BCUT2D eigenvalue weighted by Gasteiger charge is -2.11. The Morgan fingerprint density at radius 1 is 0.268 bits per heavy atom. The molecule has 2 aromatic carbocycles. The lowest BCUT2D eigenvalue weighted by Crippen LogP contribution is -2.14. The van der Waals surface area contributed by atoms with Crippen molar-refractivity contribution in [1.82, 2.24) is 0 Å².